The zero-order valence-electron chi connectivity index (χ0n) is 16.6. The molecule has 0 bridgehead atoms. The highest BCUT2D eigenvalue weighted by molar-refractivity contribution is 8.18. The number of hydrogen-bond acceptors (Lipinski definition) is 7. The number of carbonyl (C=O) groups excluding carboxylic acids is 2. The van der Waals surface area contributed by atoms with E-state index in [1.54, 1.807) is 24.3 Å². The van der Waals surface area contributed by atoms with Gasteiger partial charge < -0.3 is 19.7 Å². The number of phenolic OH excluding ortho intramolecular Hbond substituents is 2. The Bertz CT molecular complexity index is 1250. The van der Waals surface area contributed by atoms with E-state index in [4.69, 9.17) is 9.47 Å². The molecule has 7 nitrogen and oxygen atoms in total. The molecule has 32 heavy (non-hydrogen) atoms. The molecule has 0 radical (unpaired) electrons. The number of aromatic hydroxyl groups is 2. The summed E-state index contributed by atoms with van der Waals surface area (Å²) in [5, 5.41) is 19.2. The van der Waals surface area contributed by atoms with Gasteiger partial charge in [-0.2, -0.15) is 0 Å². The Morgan fingerprint density at radius 2 is 1.53 bits per heavy atom. The normalized spacial score (nSPS) is 16.2. The molecular weight excluding hydrogens is 430 g/mol. The maximum atomic E-state index is 12.8. The van der Waals surface area contributed by atoms with Crippen LogP contribution in [0.2, 0.25) is 0 Å². The van der Waals surface area contributed by atoms with Crippen molar-refractivity contribution >= 4 is 29.0 Å². The van der Waals surface area contributed by atoms with Crippen LogP contribution in [0.4, 0.5) is 4.79 Å². The lowest BCUT2D eigenvalue weighted by Gasteiger charge is -2.14. The second-order valence-electron chi connectivity index (χ2n) is 7.27. The lowest BCUT2D eigenvalue weighted by atomic mass is 10.0. The number of phenols is 2. The first kappa shape index (κ1) is 20.0. The third-order valence-corrected chi connectivity index (χ3v) is 6.09. The fourth-order valence-corrected chi connectivity index (χ4v) is 4.32. The van der Waals surface area contributed by atoms with Crippen LogP contribution in [0.3, 0.4) is 0 Å². The molecule has 0 aliphatic carbocycles. The first-order chi connectivity index (χ1) is 15.5. The number of imide groups is 1. The Balaban J connectivity index is 1.34. The molecule has 1 fully saturated rings. The lowest BCUT2D eigenvalue weighted by Crippen LogP contribution is -2.27. The molecule has 0 unspecified atom stereocenters. The van der Waals surface area contributed by atoms with Gasteiger partial charge in [0.2, 0.25) is 6.79 Å². The SMILES string of the molecule is O=C1S/C(=C\c2ccc(-c3ccc(O)cc3)cc2)C(=O)N1Cc1cc2c(cc1O)OCO2. The van der Waals surface area contributed by atoms with E-state index >= 15 is 0 Å². The average molecular weight is 447 g/mol. The van der Waals surface area contributed by atoms with E-state index in [2.05, 4.69) is 0 Å². The van der Waals surface area contributed by atoms with Crippen molar-refractivity contribution in [3.63, 3.8) is 0 Å². The Kier molecular flexibility index (Phi) is 4.99. The molecule has 3 aromatic carbocycles. The van der Waals surface area contributed by atoms with Crippen LogP contribution in [0.25, 0.3) is 17.2 Å². The van der Waals surface area contributed by atoms with E-state index in [0.717, 1.165) is 33.4 Å². The largest absolute Gasteiger partial charge is 0.508 e. The highest BCUT2D eigenvalue weighted by atomic mass is 32.2. The Morgan fingerprint density at radius 1 is 0.906 bits per heavy atom. The molecule has 0 atom stereocenters. The molecule has 0 saturated carbocycles. The Hall–Kier alpha value is -3.91. The van der Waals surface area contributed by atoms with E-state index in [-0.39, 0.29) is 24.8 Å². The first-order valence-corrected chi connectivity index (χ1v) is 10.6. The van der Waals surface area contributed by atoms with Crippen molar-refractivity contribution in [1.82, 2.24) is 4.90 Å². The van der Waals surface area contributed by atoms with Gasteiger partial charge in [0.25, 0.3) is 11.1 Å². The predicted molar refractivity (Wildman–Crippen MR) is 119 cm³/mol. The molecule has 2 aliphatic heterocycles. The van der Waals surface area contributed by atoms with Gasteiger partial charge in [-0.25, -0.2) is 0 Å². The molecule has 3 aromatic rings. The number of thioether (sulfide) groups is 1. The van der Waals surface area contributed by atoms with Gasteiger partial charge in [-0.1, -0.05) is 36.4 Å². The Morgan fingerprint density at radius 3 is 2.22 bits per heavy atom. The Labute approximate surface area is 187 Å². The van der Waals surface area contributed by atoms with Crippen LogP contribution >= 0.6 is 11.8 Å². The predicted octanol–water partition coefficient (Wildman–Crippen LogP) is 4.73. The summed E-state index contributed by atoms with van der Waals surface area (Å²) in [5.74, 6) is 0.613. The van der Waals surface area contributed by atoms with Gasteiger partial charge in [0.1, 0.15) is 11.5 Å². The first-order valence-electron chi connectivity index (χ1n) is 9.74. The summed E-state index contributed by atoms with van der Waals surface area (Å²) >= 11 is 0.863. The number of ether oxygens (including phenoxy) is 2. The van der Waals surface area contributed by atoms with E-state index in [9.17, 15) is 19.8 Å². The second-order valence-corrected chi connectivity index (χ2v) is 8.26. The quantitative estimate of drug-likeness (QED) is 0.558. The zero-order valence-corrected chi connectivity index (χ0v) is 17.5. The van der Waals surface area contributed by atoms with Crippen LogP contribution < -0.4 is 9.47 Å². The fourth-order valence-electron chi connectivity index (χ4n) is 3.48. The summed E-state index contributed by atoms with van der Waals surface area (Å²) in [6.45, 7) is -0.00164. The summed E-state index contributed by atoms with van der Waals surface area (Å²) in [6, 6.07) is 17.4. The van der Waals surface area contributed by atoms with Crippen molar-refractivity contribution < 1.29 is 29.3 Å². The van der Waals surface area contributed by atoms with Gasteiger partial charge in [0.05, 0.1) is 11.4 Å². The van der Waals surface area contributed by atoms with Crippen LogP contribution in [0.1, 0.15) is 11.1 Å². The summed E-state index contributed by atoms with van der Waals surface area (Å²) in [4.78, 5) is 26.7. The highest BCUT2D eigenvalue weighted by Crippen LogP contribution is 2.40. The van der Waals surface area contributed by atoms with Crippen molar-refractivity contribution in [2.75, 3.05) is 6.79 Å². The van der Waals surface area contributed by atoms with E-state index in [1.807, 2.05) is 36.4 Å². The summed E-state index contributed by atoms with van der Waals surface area (Å²) in [7, 11) is 0. The van der Waals surface area contributed by atoms with E-state index in [0.29, 0.717) is 22.0 Å². The van der Waals surface area contributed by atoms with Crippen LogP contribution in [0.15, 0.2) is 65.6 Å². The molecule has 2 heterocycles. The van der Waals surface area contributed by atoms with E-state index < -0.39 is 11.1 Å². The third kappa shape index (κ3) is 3.76. The second kappa shape index (κ2) is 7.97. The van der Waals surface area contributed by atoms with Gasteiger partial charge in [-0.05, 0) is 52.7 Å². The zero-order chi connectivity index (χ0) is 22.2. The van der Waals surface area contributed by atoms with Crippen LogP contribution in [0.5, 0.6) is 23.0 Å². The number of hydrogen-bond donors (Lipinski definition) is 2. The number of rotatable bonds is 4. The fraction of sp³-hybridized carbons (Fsp3) is 0.0833. The summed E-state index contributed by atoms with van der Waals surface area (Å²) in [5.41, 5.74) is 3.10. The van der Waals surface area contributed by atoms with Crippen molar-refractivity contribution in [3.8, 4) is 34.1 Å². The molecule has 0 spiro atoms. The molecule has 2 N–H and O–H groups in total. The lowest BCUT2D eigenvalue weighted by molar-refractivity contribution is -0.123. The van der Waals surface area contributed by atoms with Gasteiger partial charge in [-0.3, -0.25) is 14.5 Å². The van der Waals surface area contributed by atoms with Gasteiger partial charge in [0.15, 0.2) is 11.5 Å². The smallest absolute Gasteiger partial charge is 0.293 e. The molecule has 8 heteroatoms. The highest BCUT2D eigenvalue weighted by Gasteiger charge is 2.35. The molecule has 0 aromatic heterocycles. The third-order valence-electron chi connectivity index (χ3n) is 5.18. The summed E-state index contributed by atoms with van der Waals surface area (Å²) < 4.78 is 10.5. The number of benzene rings is 3. The van der Waals surface area contributed by atoms with Crippen LogP contribution in [-0.2, 0) is 11.3 Å². The minimum Gasteiger partial charge on any atom is -0.508 e. The number of fused-ring (bicyclic) bond motifs is 1. The molecule has 1 saturated heterocycles. The maximum Gasteiger partial charge on any atom is 0.293 e. The maximum absolute atomic E-state index is 12.8. The van der Waals surface area contributed by atoms with Crippen molar-refractivity contribution in [2.45, 2.75) is 6.54 Å². The number of nitrogens with zero attached hydrogens (tertiary/aromatic N) is 1. The van der Waals surface area contributed by atoms with Gasteiger partial charge in [-0.15, -0.1) is 0 Å². The van der Waals surface area contributed by atoms with Gasteiger partial charge >= 0.3 is 0 Å². The minimum absolute atomic E-state index is 0.0636. The van der Waals surface area contributed by atoms with Crippen LogP contribution in [0, 0.1) is 0 Å². The van der Waals surface area contributed by atoms with Crippen molar-refractivity contribution in [1.29, 1.82) is 0 Å². The standard InChI is InChI=1S/C24H17NO6S/c26-18-7-5-16(6-8-18)15-3-1-14(2-4-15)9-22-23(28)25(24(29)32-22)12-17-10-20-21(11-19(17)27)31-13-30-20/h1-11,26-27H,12-13H2/b22-9-. The average Bonchev–Trinajstić information content (AvgIpc) is 3.34. The number of carbonyl (C=O) groups is 2. The van der Waals surface area contributed by atoms with Crippen molar-refractivity contribution in [3.05, 3.63) is 76.7 Å². The monoisotopic (exact) mass is 447 g/mol. The molecule has 160 valence electrons. The minimum atomic E-state index is -0.417. The van der Waals surface area contributed by atoms with Gasteiger partial charge in [0, 0.05) is 11.6 Å². The van der Waals surface area contributed by atoms with E-state index in [1.165, 1.54) is 6.07 Å². The number of amides is 2. The van der Waals surface area contributed by atoms with Crippen molar-refractivity contribution in [2.24, 2.45) is 0 Å². The summed E-state index contributed by atoms with van der Waals surface area (Å²) in [6.07, 6.45) is 1.67. The molecular formula is C24H17NO6S. The molecule has 2 aliphatic rings. The molecule has 2 amide bonds. The topological polar surface area (TPSA) is 96.3 Å². The van der Waals surface area contributed by atoms with Crippen LogP contribution in [-0.4, -0.2) is 33.1 Å². The molecule has 5 rings (SSSR count).